The second-order valence-electron chi connectivity index (χ2n) is 10.8. The first-order valence-electron chi connectivity index (χ1n) is 16.0. The molecule has 0 aliphatic rings. The number of carbonyl (C=O) groups excluding carboxylic acids is 2. The lowest BCUT2D eigenvalue weighted by Crippen LogP contribution is -2.29. The van der Waals surface area contributed by atoms with Crippen LogP contribution in [0.3, 0.4) is 0 Å². The summed E-state index contributed by atoms with van der Waals surface area (Å²) in [4.78, 5) is 42.4. The van der Waals surface area contributed by atoms with Crippen molar-refractivity contribution in [2.24, 2.45) is 0 Å². The zero-order chi connectivity index (χ0) is 29.7. The molecule has 0 aliphatic heterocycles. The highest BCUT2D eigenvalue weighted by molar-refractivity contribution is 7.46. The SMILES string of the molecule is CCCCC/C=C\CCCCCCCC(=O)OC(COC(=O)CCCCCCCCCCCC)COP(=O)(O)O. The lowest BCUT2D eigenvalue weighted by atomic mass is 10.1. The van der Waals surface area contributed by atoms with Gasteiger partial charge in [-0.25, -0.2) is 4.57 Å². The molecule has 40 heavy (non-hydrogen) atoms. The van der Waals surface area contributed by atoms with Crippen LogP contribution < -0.4 is 0 Å². The van der Waals surface area contributed by atoms with Crippen molar-refractivity contribution in [3.63, 3.8) is 0 Å². The molecule has 0 aromatic carbocycles. The fourth-order valence-corrected chi connectivity index (χ4v) is 4.73. The lowest BCUT2D eigenvalue weighted by Gasteiger charge is -2.18. The van der Waals surface area contributed by atoms with Gasteiger partial charge in [-0.3, -0.25) is 14.1 Å². The van der Waals surface area contributed by atoms with E-state index in [0.29, 0.717) is 6.42 Å². The highest BCUT2D eigenvalue weighted by Crippen LogP contribution is 2.35. The van der Waals surface area contributed by atoms with E-state index in [1.807, 2.05) is 0 Å². The van der Waals surface area contributed by atoms with Crippen LogP contribution in [0.1, 0.15) is 155 Å². The molecule has 1 unspecified atom stereocenters. The molecule has 0 heterocycles. The van der Waals surface area contributed by atoms with E-state index in [1.165, 1.54) is 64.2 Å². The summed E-state index contributed by atoms with van der Waals surface area (Å²) in [5.74, 6) is -0.896. The minimum absolute atomic E-state index is 0.205. The van der Waals surface area contributed by atoms with Crippen LogP contribution in [0.2, 0.25) is 0 Å². The standard InChI is InChI=1S/C31H59O8P/c1-3-5-7-9-11-13-15-16-18-20-22-24-26-31(33)39-29(28-38-40(34,35)36)27-37-30(32)25-23-21-19-17-14-12-10-8-6-4-2/h11,13,29H,3-10,12,14-28H2,1-2H3,(H2,34,35,36)/b13-11-. The molecule has 0 aliphatic carbocycles. The Hall–Kier alpha value is -1.21. The molecular weight excluding hydrogens is 531 g/mol. The van der Waals surface area contributed by atoms with Gasteiger partial charge in [0.05, 0.1) is 6.61 Å². The summed E-state index contributed by atoms with van der Waals surface area (Å²) in [5.41, 5.74) is 0. The number of rotatable bonds is 29. The molecule has 0 aromatic rings. The predicted octanol–water partition coefficient (Wildman–Crippen LogP) is 8.73. The average molecular weight is 591 g/mol. The number of ether oxygens (including phenoxy) is 2. The summed E-state index contributed by atoms with van der Waals surface area (Å²) in [7, 11) is -4.74. The van der Waals surface area contributed by atoms with Gasteiger partial charge in [0.25, 0.3) is 0 Å². The maximum atomic E-state index is 12.3. The van der Waals surface area contributed by atoms with Crippen molar-refractivity contribution >= 4 is 19.8 Å². The topological polar surface area (TPSA) is 119 Å². The Morgan fingerprint density at radius 2 is 1.05 bits per heavy atom. The van der Waals surface area contributed by atoms with E-state index < -0.39 is 32.5 Å². The second-order valence-corrected chi connectivity index (χ2v) is 12.0. The van der Waals surface area contributed by atoms with Crippen LogP contribution in [0, 0.1) is 0 Å². The van der Waals surface area contributed by atoms with Crippen molar-refractivity contribution in [1.29, 1.82) is 0 Å². The van der Waals surface area contributed by atoms with Gasteiger partial charge in [0.2, 0.25) is 0 Å². The highest BCUT2D eigenvalue weighted by Gasteiger charge is 2.22. The number of esters is 2. The van der Waals surface area contributed by atoms with E-state index in [1.54, 1.807) is 0 Å². The van der Waals surface area contributed by atoms with E-state index >= 15 is 0 Å². The zero-order valence-electron chi connectivity index (χ0n) is 25.5. The first-order valence-corrected chi connectivity index (χ1v) is 17.5. The minimum atomic E-state index is -4.74. The Morgan fingerprint density at radius 3 is 1.57 bits per heavy atom. The van der Waals surface area contributed by atoms with E-state index in [0.717, 1.165) is 57.8 Å². The van der Waals surface area contributed by atoms with E-state index in [-0.39, 0.29) is 19.4 Å². The normalized spacial score (nSPS) is 12.6. The number of hydrogen-bond acceptors (Lipinski definition) is 6. The number of phosphoric ester groups is 1. The van der Waals surface area contributed by atoms with Crippen LogP contribution in [0.5, 0.6) is 0 Å². The van der Waals surface area contributed by atoms with Crippen LogP contribution in [0.4, 0.5) is 0 Å². The van der Waals surface area contributed by atoms with Crippen LogP contribution in [0.25, 0.3) is 0 Å². The fraction of sp³-hybridized carbons (Fsp3) is 0.871. The number of phosphoric acid groups is 1. The number of hydrogen-bond donors (Lipinski definition) is 2. The van der Waals surface area contributed by atoms with E-state index in [4.69, 9.17) is 19.3 Å². The van der Waals surface area contributed by atoms with Crippen molar-refractivity contribution in [1.82, 2.24) is 0 Å². The molecule has 0 radical (unpaired) electrons. The predicted molar refractivity (Wildman–Crippen MR) is 161 cm³/mol. The Bertz CT molecular complexity index is 676. The van der Waals surface area contributed by atoms with Crippen LogP contribution in [-0.4, -0.2) is 41.0 Å². The Kier molecular flexibility index (Phi) is 27.1. The Labute approximate surface area is 244 Å². The third-order valence-electron chi connectivity index (χ3n) is 6.78. The number of allylic oxidation sites excluding steroid dienone is 2. The van der Waals surface area contributed by atoms with Crippen molar-refractivity contribution in [3.05, 3.63) is 12.2 Å². The molecular formula is C31H59O8P. The first-order chi connectivity index (χ1) is 19.3. The molecule has 2 N–H and O–H groups in total. The van der Waals surface area contributed by atoms with Crippen LogP contribution in [0.15, 0.2) is 12.2 Å². The summed E-state index contributed by atoms with van der Waals surface area (Å²) in [6, 6.07) is 0. The first kappa shape index (κ1) is 38.8. The van der Waals surface area contributed by atoms with Gasteiger partial charge in [-0.2, -0.15) is 0 Å². The summed E-state index contributed by atoms with van der Waals surface area (Å²) >= 11 is 0. The molecule has 0 rings (SSSR count). The van der Waals surface area contributed by atoms with Gasteiger partial charge in [0.1, 0.15) is 6.61 Å². The van der Waals surface area contributed by atoms with Gasteiger partial charge in [-0.1, -0.05) is 116 Å². The maximum Gasteiger partial charge on any atom is 0.469 e. The van der Waals surface area contributed by atoms with Crippen molar-refractivity contribution < 1.29 is 37.9 Å². The molecule has 0 fully saturated rings. The molecule has 0 spiro atoms. The second kappa shape index (κ2) is 27.9. The lowest BCUT2D eigenvalue weighted by molar-refractivity contribution is -0.161. The van der Waals surface area contributed by atoms with Gasteiger partial charge in [-0.15, -0.1) is 0 Å². The Balaban J connectivity index is 4.05. The molecule has 9 heteroatoms. The molecule has 0 amide bonds. The summed E-state index contributed by atoms with van der Waals surface area (Å²) < 4.78 is 26.1. The van der Waals surface area contributed by atoms with Gasteiger partial charge in [0.15, 0.2) is 6.10 Å². The maximum absolute atomic E-state index is 12.3. The van der Waals surface area contributed by atoms with Gasteiger partial charge in [-0.05, 0) is 38.5 Å². The monoisotopic (exact) mass is 590 g/mol. The zero-order valence-corrected chi connectivity index (χ0v) is 26.4. The highest BCUT2D eigenvalue weighted by atomic mass is 31.2. The van der Waals surface area contributed by atoms with Crippen molar-refractivity contribution in [3.8, 4) is 0 Å². The fourth-order valence-electron chi connectivity index (χ4n) is 4.37. The van der Waals surface area contributed by atoms with Crippen LogP contribution in [-0.2, 0) is 28.2 Å². The van der Waals surface area contributed by atoms with Gasteiger partial charge >= 0.3 is 19.8 Å². The summed E-state index contributed by atoms with van der Waals surface area (Å²) in [6.45, 7) is 3.61. The largest absolute Gasteiger partial charge is 0.469 e. The van der Waals surface area contributed by atoms with Crippen molar-refractivity contribution in [2.45, 2.75) is 161 Å². The summed E-state index contributed by atoms with van der Waals surface area (Å²) in [6.07, 6.45) is 26.5. The molecule has 236 valence electrons. The average Bonchev–Trinajstić information content (AvgIpc) is 2.91. The van der Waals surface area contributed by atoms with Gasteiger partial charge in [0, 0.05) is 12.8 Å². The number of unbranched alkanes of at least 4 members (excludes halogenated alkanes) is 17. The number of carbonyl (C=O) groups is 2. The molecule has 1 atom stereocenters. The van der Waals surface area contributed by atoms with E-state index in [9.17, 15) is 14.2 Å². The molecule has 0 aromatic heterocycles. The quantitative estimate of drug-likeness (QED) is 0.0384. The van der Waals surface area contributed by atoms with Crippen LogP contribution >= 0.6 is 7.82 Å². The van der Waals surface area contributed by atoms with E-state index in [2.05, 4.69) is 30.5 Å². The minimum Gasteiger partial charge on any atom is -0.462 e. The molecule has 0 saturated carbocycles. The summed E-state index contributed by atoms with van der Waals surface area (Å²) in [5, 5.41) is 0. The molecule has 0 bridgehead atoms. The molecule has 8 nitrogen and oxygen atoms in total. The third-order valence-corrected chi connectivity index (χ3v) is 7.27. The van der Waals surface area contributed by atoms with Gasteiger partial charge < -0.3 is 19.3 Å². The smallest absolute Gasteiger partial charge is 0.462 e. The van der Waals surface area contributed by atoms with Crippen molar-refractivity contribution in [2.75, 3.05) is 13.2 Å². The Morgan fingerprint density at radius 1 is 0.625 bits per heavy atom. The molecule has 0 saturated heterocycles. The third kappa shape index (κ3) is 29.8.